The Morgan fingerprint density at radius 3 is 2.29 bits per heavy atom. The van der Waals surface area contributed by atoms with E-state index >= 15 is 0 Å². The first-order valence-corrected chi connectivity index (χ1v) is 8.71. The largest absolute Gasteiger partial charge is 0.366 e. The molecule has 1 atom stereocenters. The Labute approximate surface area is 106 Å². The maximum Gasteiger partial charge on any atom is 0.228 e. The molecule has 102 valence electrons. The molecule has 1 fully saturated rings. The van der Waals surface area contributed by atoms with E-state index in [9.17, 15) is 4.57 Å². The van der Waals surface area contributed by atoms with Crippen molar-refractivity contribution in [2.24, 2.45) is 5.92 Å². The zero-order valence-electron chi connectivity index (χ0n) is 11.7. The first-order valence-electron chi connectivity index (χ1n) is 6.71. The van der Waals surface area contributed by atoms with Gasteiger partial charge in [0, 0.05) is 6.16 Å². The molecule has 1 rings (SSSR count). The van der Waals surface area contributed by atoms with Crippen molar-refractivity contribution in [3.05, 3.63) is 0 Å². The predicted molar refractivity (Wildman–Crippen MR) is 71.8 cm³/mol. The summed E-state index contributed by atoms with van der Waals surface area (Å²) in [5, 5.41) is 0. The van der Waals surface area contributed by atoms with Crippen molar-refractivity contribution in [1.82, 2.24) is 0 Å². The van der Waals surface area contributed by atoms with Gasteiger partial charge in [0.05, 0.1) is 12.2 Å². The smallest absolute Gasteiger partial charge is 0.228 e. The van der Waals surface area contributed by atoms with Crippen LogP contribution < -0.4 is 0 Å². The maximum absolute atomic E-state index is 12.7. The predicted octanol–water partition coefficient (Wildman–Crippen LogP) is 4.26. The van der Waals surface area contributed by atoms with Crippen LogP contribution in [0.1, 0.15) is 53.4 Å². The van der Waals surface area contributed by atoms with Crippen LogP contribution in [-0.4, -0.2) is 24.7 Å². The molecule has 0 radical (unpaired) electrons. The zero-order chi connectivity index (χ0) is 12.9. The van der Waals surface area contributed by atoms with Crippen LogP contribution in [0.3, 0.4) is 0 Å². The number of hydrogen-bond acceptors (Lipinski definition) is 3. The van der Waals surface area contributed by atoms with Crippen LogP contribution in [0.15, 0.2) is 0 Å². The Hall–Kier alpha value is 0.150. The molecule has 1 unspecified atom stereocenters. The summed E-state index contributed by atoms with van der Waals surface area (Å²) in [4.78, 5) is 0. The van der Waals surface area contributed by atoms with E-state index in [1.165, 1.54) is 25.7 Å². The molecule has 0 aromatic carbocycles. The minimum atomic E-state index is -2.59. The van der Waals surface area contributed by atoms with Crippen molar-refractivity contribution >= 4 is 7.37 Å². The fourth-order valence-electron chi connectivity index (χ4n) is 2.26. The third-order valence-corrected chi connectivity index (χ3v) is 5.39. The average molecular weight is 262 g/mol. The van der Waals surface area contributed by atoms with Crippen molar-refractivity contribution in [2.45, 2.75) is 59.0 Å². The van der Waals surface area contributed by atoms with Crippen LogP contribution in [0.2, 0.25) is 0 Å². The summed E-state index contributed by atoms with van der Waals surface area (Å²) in [6.45, 7) is 8.37. The van der Waals surface area contributed by atoms with Crippen molar-refractivity contribution < 1.29 is 13.8 Å². The molecular formula is C13H27O3P. The lowest BCUT2D eigenvalue weighted by Crippen LogP contribution is -2.21. The van der Waals surface area contributed by atoms with Crippen LogP contribution in [-0.2, 0) is 13.8 Å². The van der Waals surface area contributed by atoms with E-state index in [1.54, 1.807) is 0 Å². The summed E-state index contributed by atoms with van der Waals surface area (Å²) in [7, 11) is -2.59. The third-order valence-electron chi connectivity index (χ3n) is 3.07. The van der Waals surface area contributed by atoms with Gasteiger partial charge in [-0.3, -0.25) is 4.57 Å². The van der Waals surface area contributed by atoms with Crippen molar-refractivity contribution in [2.75, 3.05) is 19.1 Å². The van der Waals surface area contributed by atoms with Crippen molar-refractivity contribution in [1.29, 1.82) is 0 Å². The molecule has 0 saturated heterocycles. The van der Waals surface area contributed by atoms with E-state index in [0.29, 0.717) is 18.7 Å². The molecule has 0 aliphatic heterocycles. The van der Waals surface area contributed by atoms with Crippen LogP contribution in [0, 0.1) is 5.92 Å². The summed E-state index contributed by atoms with van der Waals surface area (Å²) >= 11 is 0. The highest BCUT2D eigenvalue weighted by atomic mass is 31.2. The minimum Gasteiger partial charge on any atom is -0.366 e. The highest BCUT2D eigenvalue weighted by molar-refractivity contribution is 7.58. The molecule has 0 N–H and O–H groups in total. The molecule has 0 spiro atoms. The molecule has 0 bridgehead atoms. The van der Waals surface area contributed by atoms with Gasteiger partial charge in [0.15, 0.2) is 0 Å². The molecule has 0 amide bonds. The second-order valence-electron chi connectivity index (χ2n) is 5.95. The third kappa shape index (κ3) is 6.03. The highest BCUT2D eigenvalue weighted by Crippen LogP contribution is 2.51. The standard InChI is InChI=1S/C13H27O3P/c1-5-16-17(14,11-15-13(2,3)4)10-12-8-6-7-9-12/h12H,5-11H2,1-4H3. The summed E-state index contributed by atoms with van der Waals surface area (Å²) < 4.78 is 23.9. The second-order valence-corrected chi connectivity index (χ2v) is 8.46. The summed E-state index contributed by atoms with van der Waals surface area (Å²) in [5.41, 5.74) is -0.248. The van der Waals surface area contributed by atoms with E-state index in [4.69, 9.17) is 9.26 Å². The van der Waals surface area contributed by atoms with E-state index in [2.05, 4.69) is 0 Å². The van der Waals surface area contributed by atoms with Gasteiger partial charge in [0.25, 0.3) is 0 Å². The van der Waals surface area contributed by atoms with Gasteiger partial charge in [-0.05, 0) is 46.5 Å². The van der Waals surface area contributed by atoms with Crippen LogP contribution in [0.4, 0.5) is 0 Å². The second kappa shape index (κ2) is 6.36. The topological polar surface area (TPSA) is 35.5 Å². The summed E-state index contributed by atoms with van der Waals surface area (Å²) in [6.07, 6.45) is 5.92. The average Bonchev–Trinajstić information content (AvgIpc) is 2.67. The number of ether oxygens (including phenoxy) is 1. The summed E-state index contributed by atoms with van der Waals surface area (Å²) in [6, 6.07) is 0. The zero-order valence-corrected chi connectivity index (χ0v) is 12.6. The minimum absolute atomic E-state index is 0.248. The molecule has 1 aliphatic rings. The first kappa shape index (κ1) is 15.2. The van der Waals surface area contributed by atoms with Gasteiger partial charge < -0.3 is 9.26 Å². The lowest BCUT2D eigenvalue weighted by Gasteiger charge is -2.26. The van der Waals surface area contributed by atoms with E-state index in [0.717, 1.165) is 0 Å². The van der Waals surface area contributed by atoms with Gasteiger partial charge in [-0.1, -0.05) is 12.8 Å². The van der Waals surface area contributed by atoms with E-state index in [-0.39, 0.29) is 11.9 Å². The van der Waals surface area contributed by atoms with Crippen LogP contribution in [0.25, 0.3) is 0 Å². The normalized spacial score (nSPS) is 21.6. The number of rotatable bonds is 6. The fraction of sp³-hybridized carbons (Fsp3) is 1.00. The number of hydrogen-bond donors (Lipinski definition) is 0. The Morgan fingerprint density at radius 1 is 1.24 bits per heavy atom. The molecule has 0 aromatic heterocycles. The molecule has 4 heteroatoms. The SMILES string of the molecule is CCOP(=O)(COC(C)(C)C)CC1CCCC1. The van der Waals surface area contributed by atoms with Crippen LogP contribution >= 0.6 is 7.37 Å². The Morgan fingerprint density at radius 2 is 1.82 bits per heavy atom. The monoisotopic (exact) mass is 262 g/mol. The Balaban J connectivity index is 2.51. The maximum atomic E-state index is 12.7. The van der Waals surface area contributed by atoms with Crippen molar-refractivity contribution in [3.8, 4) is 0 Å². The van der Waals surface area contributed by atoms with Crippen LogP contribution in [0.5, 0.6) is 0 Å². The van der Waals surface area contributed by atoms with E-state index in [1.807, 2.05) is 27.7 Å². The molecule has 1 saturated carbocycles. The molecular weight excluding hydrogens is 235 g/mol. The van der Waals surface area contributed by atoms with Gasteiger partial charge in [-0.25, -0.2) is 0 Å². The van der Waals surface area contributed by atoms with Gasteiger partial charge in [-0.15, -0.1) is 0 Å². The van der Waals surface area contributed by atoms with Crippen molar-refractivity contribution in [3.63, 3.8) is 0 Å². The van der Waals surface area contributed by atoms with Gasteiger partial charge in [-0.2, -0.15) is 0 Å². The quantitative estimate of drug-likeness (QED) is 0.671. The molecule has 17 heavy (non-hydrogen) atoms. The van der Waals surface area contributed by atoms with E-state index < -0.39 is 7.37 Å². The van der Waals surface area contributed by atoms with Gasteiger partial charge >= 0.3 is 0 Å². The summed E-state index contributed by atoms with van der Waals surface area (Å²) in [5.74, 6) is 0.580. The lowest BCUT2D eigenvalue weighted by molar-refractivity contribution is 0.0198. The lowest BCUT2D eigenvalue weighted by atomic mass is 10.1. The molecule has 0 heterocycles. The van der Waals surface area contributed by atoms with Gasteiger partial charge in [0.2, 0.25) is 7.37 Å². The van der Waals surface area contributed by atoms with Gasteiger partial charge in [0.1, 0.15) is 6.35 Å². The molecule has 1 aliphatic carbocycles. The highest BCUT2D eigenvalue weighted by Gasteiger charge is 2.31. The fourth-order valence-corrected chi connectivity index (χ4v) is 4.75. The Kier molecular flexibility index (Phi) is 5.69. The molecule has 0 aromatic rings. The molecule has 3 nitrogen and oxygen atoms in total. The first-order chi connectivity index (χ1) is 7.85. The Bertz CT molecular complexity index is 264.